The van der Waals surface area contributed by atoms with Gasteiger partial charge >= 0.3 is 12.1 Å². The van der Waals surface area contributed by atoms with E-state index in [4.69, 9.17) is 5.11 Å². The van der Waals surface area contributed by atoms with Crippen LogP contribution in [0.15, 0.2) is 12.1 Å². The highest BCUT2D eigenvalue weighted by Crippen LogP contribution is 2.23. The largest absolute Gasteiger partial charge is 0.478 e. The van der Waals surface area contributed by atoms with Gasteiger partial charge in [-0.05, 0) is 12.1 Å². The molecule has 2 N–H and O–H groups in total. The number of rotatable bonds is 2. The molecule has 18 heavy (non-hydrogen) atoms. The van der Waals surface area contributed by atoms with E-state index in [9.17, 15) is 22.4 Å². The van der Waals surface area contributed by atoms with E-state index < -0.39 is 35.8 Å². The molecule has 1 aromatic heterocycles. The van der Waals surface area contributed by atoms with Crippen LogP contribution in [0.4, 0.5) is 17.6 Å². The third-order valence-corrected chi connectivity index (χ3v) is 2.20. The number of hydrogen-bond acceptors (Lipinski definition) is 2. The Morgan fingerprint density at radius 3 is 2.61 bits per heavy atom. The molecule has 2 aromatic rings. The van der Waals surface area contributed by atoms with Crippen LogP contribution in [0.5, 0.6) is 0 Å². The van der Waals surface area contributed by atoms with Gasteiger partial charge in [0.05, 0.1) is 11.1 Å². The minimum Gasteiger partial charge on any atom is -0.478 e. The van der Waals surface area contributed by atoms with Crippen molar-refractivity contribution < 1.29 is 27.5 Å². The number of aromatic amines is 1. The van der Waals surface area contributed by atoms with Crippen molar-refractivity contribution in [1.82, 2.24) is 9.97 Å². The number of aromatic carboxylic acids is 1. The van der Waals surface area contributed by atoms with Crippen LogP contribution in [0.3, 0.4) is 0 Å². The van der Waals surface area contributed by atoms with Gasteiger partial charge in [-0.1, -0.05) is 0 Å². The lowest BCUT2D eigenvalue weighted by molar-refractivity contribution is -0.128. The summed E-state index contributed by atoms with van der Waals surface area (Å²) in [5, 5.41) is 8.81. The number of aromatic nitrogens is 2. The second kappa shape index (κ2) is 3.97. The van der Waals surface area contributed by atoms with Gasteiger partial charge < -0.3 is 10.1 Å². The molecule has 8 heteroatoms. The summed E-state index contributed by atoms with van der Waals surface area (Å²) < 4.78 is 49.5. The number of nitrogens with one attached hydrogen (secondary N) is 1. The summed E-state index contributed by atoms with van der Waals surface area (Å²) in [5.41, 5.74) is -0.746. The van der Waals surface area contributed by atoms with Crippen molar-refractivity contribution in [2.24, 2.45) is 0 Å². The summed E-state index contributed by atoms with van der Waals surface area (Å²) in [4.78, 5) is 16.6. The highest BCUT2D eigenvalue weighted by Gasteiger charge is 2.30. The molecule has 0 spiro atoms. The Kier molecular flexibility index (Phi) is 2.72. The lowest BCUT2D eigenvalue weighted by Gasteiger charge is -2.01. The quantitative estimate of drug-likeness (QED) is 0.817. The number of alkyl halides is 3. The third-order valence-electron chi connectivity index (χ3n) is 2.20. The zero-order valence-electron chi connectivity index (χ0n) is 8.68. The Morgan fingerprint density at radius 1 is 1.39 bits per heavy atom. The Balaban J connectivity index is 2.57. The van der Waals surface area contributed by atoms with E-state index in [2.05, 4.69) is 9.97 Å². The van der Waals surface area contributed by atoms with Crippen molar-refractivity contribution >= 4 is 17.0 Å². The highest BCUT2D eigenvalue weighted by molar-refractivity contribution is 6.00. The van der Waals surface area contributed by atoms with Gasteiger partial charge in [0, 0.05) is 0 Å². The summed E-state index contributed by atoms with van der Waals surface area (Å²) in [6.45, 7) is 0. The number of carboxylic acid groups (broad SMARTS) is 1. The topological polar surface area (TPSA) is 66.0 Å². The van der Waals surface area contributed by atoms with Crippen LogP contribution in [0, 0.1) is 5.82 Å². The predicted octanol–water partition coefficient (Wildman–Crippen LogP) is 2.50. The number of H-pyrrole nitrogens is 1. The van der Waals surface area contributed by atoms with Crippen molar-refractivity contribution in [3.05, 3.63) is 29.3 Å². The van der Waals surface area contributed by atoms with Crippen LogP contribution in [0.2, 0.25) is 0 Å². The molecule has 2 rings (SSSR count). The lowest BCUT2D eigenvalue weighted by Crippen LogP contribution is -2.12. The second-order valence-electron chi connectivity index (χ2n) is 3.63. The van der Waals surface area contributed by atoms with Crippen LogP contribution in [0.1, 0.15) is 16.2 Å². The molecule has 1 heterocycles. The van der Waals surface area contributed by atoms with E-state index >= 15 is 0 Å². The first kappa shape index (κ1) is 12.3. The first-order chi connectivity index (χ1) is 8.26. The second-order valence-corrected chi connectivity index (χ2v) is 3.63. The van der Waals surface area contributed by atoms with Gasteiger partial charge in [-0.25, -0.2) is 14.2 Å². The number of carboxylic acids is 1. The molecule has 0 fully saturated rings. The molecule has 0 amide bonds. The van der Waals surface area contributed by atoms with E-state index in [-0.39, 0.29) is 11.0 Å². The smallest absolute Gasteiger partial charge is 0.396 e. The monoisotopic (exact) mass is 262 g/mol. The van der Waals surface area contributed by atoms with Crippen molar-refractivity contribution in [3.63, 3.8) is 0 Å². The Labute approximate surface area is 97.3 Å². The SMILES string of the molecule is O=C(O)c1cc(F)cc2[nH]c(CC(F)(F)F)nc12. The molecular formula is C10H6F4N2O2. The molecule has 96 valence electrons. The van der Waals surface area contributed by atoms with E-state index in [0.29, 0.717) is 6.07 Å². The maximum Gasteiger partial charge on any atom is 0.396 e. The van der Waals surface area contributed by atoms with Gasteiger partial charge in [0.2, 0.25) is 0 Å². The number of hydrogen-bond donors (Lipinski definition) is 2. The van der Waals surface area contributed by atoms with Gasteiger partial charge in [0.25, 0.3) is 0 Å². The van der Waals surface area contributed by atoms with Crippen molar-refractivity contribution in [3.8, 4) is 0 Å². The normalized spacial score (nSPS) is 12.0. The number of halogens is 4. The summed E-state index contributed by atoms with van der Waals surface area (Å²) in [5.74, 6) is -2.77. The molecule has 0 saturated carbocycles. The zero-order chi connectivity index (χ0) is 13.5. The first-order valence-corrected chi connectivity index (χ1v) is 4.74. The van der Waals surface area contributed by atoms with Crippen LogP contribution in [0.25, 0.3) is 11.0 Å². The minimum absolute atomic E-state index is 0.0772. The number of carbonyl (C=O) groups is 1. The Morgan fingerprint density at radius 2 is 2.06 bits per heavy atom. The van der Waals surface area contributed by atoms with E-state index in [1.165, 1.54) is 0 Å². The van der Waals surface area contributed by atoms with Crippen LogP contribution >= 0.6 is 0 Å². The Hall–Kier alpha value is -2.12. The average molecular weight is 262 g/mol. The molecule has 0 aliphatic carbocycles. The number of fused-ring (bicyclic) bond motifs is 1. The van der Waals surface area contributed by atoms with E-state index in [1.807, 2.05) is 0 Å². The molecule has 0 aliphatic heterocycles. The predicted molar refractivity (Wildman–Crippen MR) is 52.8 cm³/mol. The van der Waals surface area contributed by atoms with Crippen molar-refractivity contribution in [2.75, 3.05) is 0 Å². The number of nitrogens with zero attached hydrogens (tertiary/aromatic N) is 1. The van der Waals surface area contributed by atoms with Gasteiger partial charge in [-0.3, -0.25) is 0 Å². The standard InChI is InChI=1S/C10H6F4N2O2/c11-4-1-5(9(17)18)8-6(2-4)15-7(16-8)3-10(12,13)14/h1-2H,3H2,(H,15,16)(H,17,18). The van der Waals surface area contributed by atoms with Crippen LogP contribution < -0.4 is 0 Å². The van der Waals surface area contributed by atoms with Gasteiger partial charge in [-0.2, -0.15) is 13.2 Å². The van der Waals surface area contributed by atoms with Crippen molar-refractivity contribution in [2.45, 2.75) is 12.6 Å². The summed E-state index contributed by atoms with van der Waals surface area (Å²) >= 11 is 0. The molecule has 0 radical (unpaired) electrons. The fourth-order valence-electron chi connectivity index (χ4n) is 1.57. The van der Waals surface area contributed by atoms with E-state index in [0.717, 1.165) is 6.07 Å². The molecule has 0 unspecified atom stereocenters. The van der Waals surface area contributed by atoms with Crippen molar-refractivity contribution in [1.29, 1.82) is 0 Å². The summed E-state index contributed by atoms with van der Waals surface area (Å²) in [6.07, 6.45) is -5.81. The number of benzene rings is 1. The molecule has 0 aliphatic rings. The maximum atomic E-state index is 13.1. The highest BCUT2D eigenvalue weighted by atomic mass is 19.4. The lowest BCUT2D eigenvalue weighted by atomic mass is 10.2. The number of imidazole rings is 1. The fraction of sp³-hybridized carbons (Fsp3) is 0.200. The molecule has 4 nitrogen and oxygen atoms in total. The van der Waals surface area contributed by atoms with Gasteiger partial charge in [0.15, 0.2) is 0 Å². The fourth-order valence-corrected chi connectivity index (χ4v) is 1.57. The first-order valence-electron chi connectivity index (χ1n) is 4.74. The summed E-state index contributed by atoms with van der Waals surface area (Å²) in [6, 6.07) is 1.61. The zero-order valence-corrected chi connectivity index (χ0v) is 8.68. The van der Waals surface area contributed by atoms with E-state index in [1.54, 1.807) is 0 Å². The molecular weight excluding hydrogens is 256 g/mol. The summed E-state index contributed by atoms with van der Waals surface area (Å²) in [7, 11) is 0. The van der Waals surface area contributed by atoms with Crippen LogP contribution in [-0.4, -0.2) is 27.2 Å². The Bertz CT molecular complexity index is 618. The molecule has 0 atom stereocenters. The van der Waals surface area contributed by atoms with Crippen LogP contribution in [-0.2, 0) is 6.42 Å². The maximum absolute atomic E-state index is 13.1. The van der Waals surface area contributed by atoms with Gasteiger partial charge in [0.1, 0.15) is 23.6 Å². The average Bonchev–Trinajstić information content (AvgIpc) is 2.54. The third kappa shape index (κ3) is 2.41. The van der Waals surface area contributed by atoms with Gasteiger partial charge in [-0.15, -0.1) is 0 Å². The molecule has 0 saturated heterocycles. The molecule has 1 aromatic carbocycles. The minimum atomic E-state index is -4.48. The molecule has 0 bridgehead atoms.